The van der Waals surface area contributed by atoms with E-state index in [-0.39, 0.29) is 16.9 Å². The number of imide groups is 1. The van der Waals surface area contributed by atoms with E-state index in [4.69, 9.17) is 5.73 Å². The normalized spacial score (nSPS) is 15.9. The number of nitrogen functional groups attached to an aromatic ring is 1. The Hall–Kier alpha value is -1.01. The van der Waals surface area contributed by atoms with Crippen LogP contribution in [0.15, 0.2) is 22.7 Å². The molecule has 1 saturated heterocycles. The lowest BCUT2D eigenvalue weighted by atomic mass is 10.2. The van der Waals surface area contributed by atoms with Crippen molar-refractivity contribution in [2.75, 3.05) is 11.5 Å². The lowest BCUT2D eigenvalue weighted by Crippen LogP contribution is -2.28. The number of anilines is 1. The highest BCUT2D eigenvalue weighted by molar-refractivity contribution is 9.10. The summed E-state index contributed by atoms with van der Waals surface area (Å²) in [5.74, 6) is 0.101. The molecule has 1 fully saturated rings. The molecule has 6 heteroatoms. The van der Waals surface area contributed by atoms with Crippen LogP contribution in [0.1, 0.15) is 5.56 Å². The zero-order valence-corrected chi connectivity index (χ0v) is 10.7. The second kappa shape index (κ2) is 4.47. The van der Waals surface area contributed by atoms with Crippen molar-refractivity contribution in [3.63, 3.8) is 0 Å². The van der Waals surface area contributed by atoms with Gasteiger partial charge in [0.2, 0.25) is 5.91 Å². The maximum Gasteiger partial charge on any atom is 0.289 e. The molecule has 1 aromatic rings. The summed E-state index contributed by atoms with van der Waals surface area (Å²) < 4.78 is 0.810. The smallest absolute Gasteiger partial charge is 0.289 e. The molecule has 1 heterocycles. The number of benzene rings is 1. The summed E-state index contributed by atoms with van der Waals surface area (Å²) in [6.45, 7) is 0.297. The summed E-state index contributed by atoms with van der Waals surface area (Å²) in [7, 11) is 0. The molecule has 84 valence electrons. The minimum atomic E-state index is -0.186. The Balaban J connectivity index is 2.20. The largest absolute Gasteiger partial charge is 0.399 e. The van der Waals surface area contributed by atoms with Gasteiger partial charge in [-0.1, -0.05) is 33.8 Å². The lowest BCUT2D eigenvalue weighted by Gasteiger charge is -2.14. The van der Waals surface area contributed by atoms with Crippen molar-refractivity contribution >= 4 is 44.5 Å². The summed E-state index contributed by atoms with van der Waals surface area (Å²) >= 11 is 4.40. The van der Waals surface area contributed by atoms with Crippen LogP contribution in [0, 0.1) is 0 Å². The maximum atomic E-state index is 11.4. The van der Waals surface area contributed by atoms with E-state index < -0.39 is 0 Å². The highest BCUT2D eigenvalue weighted by atomic mass is 79.9. The summed E-state index contributed by atoms with van der Waals surface area (Å²) in [4.78, 5) is 24.1. The van der Waals surface area contributed by atoms with E-state index in [9.17, 15) is 9.59 Å². The van der Waals surface area contributed by atoms with Crippen LogP contribution in [0.25, 0.3) is 0 Å². The van der Waals surface area contributed by atoms with Gasteiger partial charge in [-0.25, -0.2) is 0 Å². The van der Waals surface area contributed by atoms with Gasteiger partial charge in [0.05, 0.1) is 12.3 Å². The van der Waals surface area contributed by atoms with Gasteiger partial charge in [0.25, 0.3) is 5.24 Å². The van der Waals surface area contributed by atoms with Crippen molar-refractivity contribution in [1.29, 1.82) is 0 Å². The van der Waals surface area contributed by atoms with Crippen LogP contribution in [0.4, 0.5) is 10.5 Å². The van der Waals surface area contributed by atoms with Gasteiger partial charge in [0.15, 0.2) is 0 Å². The van der Waals surface area contributed by atoms with Gasteiger partial charge in [-0.2, -0.15) is 0 Å². The Morgan fingerprint density at radius 2 is 2.19 bits per heavy atom. The fraction of sp³-hybridized carbons (Fsp3) is 0.200. The molecule has 1 aliphatic heterocycles. The minimum Gasteiger partial charge on any atom is -0.399 e. The number of carbonyl (C=O) groups is 2. The number of carbonyl (C=O) groups excluding carboxylic acids is 2. The molecule has 0 saturated carbocycles. The number of amides is 2. The Morgan fingerprint density at radius 1 is 1.44 bits per heavy atom. The summed E-state index contributed by atoms with van der Waals surface area (Å²) in [5.41, 5.74) is 7.12. The van der Waals surface area contributed by atoms with Crippen LogP contribution >= 0.6 is 27.7 Å². The van der Waals surface area contributed by atoms with Gasteiger partial charge < -0.3 is 5.73 Å². The Labute approximate surface area is 105 Å². The SMILES string of the molecule is Nc1ccc(CN2C(=O)CSC2=O)c(Br)c1. The molecule has 2 amide bonds. The van der Waals surface area contributed by atoms with E-state index in [2.05, 4.69) is 15.9 Å². The molecule has 0 aromatic heterocycles. The van der Waals surface area contributed by atoms with Crippen LogP contribution in [0.3, 0.4) is 0 Å². The molecule has 1 aliphatic rings. The molecule has 4 nitrogen and oxygen atoms in total. The van der Waals surface area contributed by atoms with Crippen molar-refractivity contribution in [2.45, 2.75) is 6.54 Å². The number of nitrogens with zero attached hydrogens (tertiary/aromatic N) is 1. The fourth-order valence-corrected chi connectivity index (χ4v) is 2.64. The molecule has 0 spiro atoms. The fourth-order valence-electron chi connectivity index (χ4n) is 1.40. The quantitative estimate of drug-likeness (QED) is 0.851. The Bertz CT molecular complexity index is 448. The standard InChI is InChI=1S/C10H9BrN2O2S/c11-8-3-7(12)2-1-6(8)4-13-9(14)5-16-10(13)15/h1-3H,4-5,12H2. The second-order valence-corrected chi connectivity index (χ2v) is 5.17. The topological polar surface area (TPSA) is 63.4 Å². The van der Waals surface area contributed by atoms with Crippen molar-refractivity contribution in [3.8, 4) is 0 Å². The van der Waals surface area contributed by atoms with Crippen LogP contribution in [0.5, 0.6) is 0 Å². The number of rotatable bonds is 2. The van der Waals surface area contributed by atoms with Gasteiger partial charge in [0.1, 0.15) is 0 Å². The van der Waals surface area contributed by atoms with E-state index in [1.165, 1.54) is 4.90 Å². The molecule has 1 aromatic carbocycles. The molecule has 0 unspecified atom stereocenters. The van der Waals surface area contributed by atoms with E-state index in [1.807, 2.05) is 6.07 Å². The summed E-state index contributed by atoms with van der Waals surface area (Å²) in [6, 6.07) is 5.31. The molecule has 0 atom stereocenters. The summed E-state index contributed by atoms with van der Waals surface area (Å²) in [5, 5.41) is -0.186. The minimum absolute atomic E-state index is 0.140. The Kier molecular flexibility index (Phi) is 3.20. The van der Waals surface area contributed by atoms with E-state index in [0.29, 0.717) is 12.2 Å². The lowest BCUT2D eigenvalue weighted by molar-refractivity contribution is -0.125. The average molecular weight is 301 g/mol. The predicted octanol–water partition coefficient (Wildman–Crippen LogP) is 2.23. The second-order valence-electron chi connectivity index (χ2n) is 3.39. The predicted molar refractivity (Wildman–Crippen MR) is 67.0 cm³/mol. The van der Waals surface area contributed by atoms with Crippen LogP contribution < -0.4 is 5.73 Å². The molecular weight excluding hydrogens is 292 g/mol. The third-order valence-electron chi connectivity index (χ3n) is 2.25. The first-order valence-electron chi connectivity index (χ1n) is 4.59. The molecule has 0 bridgehead atoms. The van der Waals surface area contributed by atoms with Crippen LogP contribution in [-0.4, -0.2) is 21.8 Å². The number of hydrogen-bond donors (Lipinski definition) is 1. The van der Waals surface area contributed by atoms with Gasteiger partial charge in [-0.15, -0.1) is 0 Å². The number of nitrogens with two attached hydrogens (primary N) is 1. The van der Waals surface area contributed by atoms with E-state index in [1.54, 1.807) is 12.1 Å². The van der Waals surface area contributed by atoms with Crippen LogP contribution in [-0.2, 0) is 11.3 Å². The highest BCUT2D eigenvalue weighted by Gasteiger charge is 2.30. The molecule has 2 N–H and O–H groups in total. The average Bonchev–Trinajstić information content (AvgIpc) is 2.53. The van der Waals surface area contributed by atoms with E-state index >= 15 is 0 Å². The van der Waals surface area contributed by atoms with Gasteiger partial charge in [-0.05, 0) is 17.7 Å². The number of thioether (sulfide) groups is 1. The molecular formula is C10H9BrN2O2S. The molecule has 16 heavy (non-hydrogen) atoms. The van der Waals surface area contributed by atoms with E-state index in [0.717, 1.165) is 21.8 Å². The highest BCUT2D eigenvalue weighted by Crippen LogP contribution is 2.25. The van der Waals surface area contributed by atoms with Crippen molar-refractivity contribution in [3.05, 3.63) is 28.2 Å². The number of halogens is 1. The van der Waals surface area contributed by atoms with Crippen molar-refractivity contribution < 1.29 is 9.59 Å². The first-order chi connectivity index (χ1) is 7.58. The first kappa shape index (κ1) is 11.5. The van der Waals surface area contributed by atoms with Gasteiger partial charge in [-0.3, -0.25) is 14.5 Å². The third kappa shape index (κ3) is 2.22. The monoisotopic (exact) mass is 300 g/mol. The Morgan fingerprint density at radius 3 is 2.75 bits per heavy atom. The van der Waals surface area contributed by atoms with Crippen molar-refractivity contribution in [2.24, 2.45) is 0 Å². The van der Waals surface area contributed by atoms with Crippen LogP contribution in [0.2, 0.25) is 0 Å². The van der Waals surface area contributed by atoms with Crippen molar-refractivity contribution in [1.82, 2.24) is 4.90 Å². The zero-order valence-electron chi connectivity index (χ0n) is 8.27. The molecule has 0 aliphatic carbocycles. The zero-order chi connectivity index (χ0) is 11.7. The van der Waals surface area contributed by atoms with Gasteiger partial charge in [0, 0.05) is 10.2 Å². The number of hydrogen-bond acceptors (Lipinski definition) is 4. The van der Waals surface area contributed by atoms with Gasteiger partial charge >= 0.3 is 0 Å². The molecule has 2 rings (SSSR count). The first-order valence-corrected chi connectivity index (χ1v) is 6.37. The summed E-state index contributed by atoms with van der Waals surface area (Å²) in [6.07, 6.45) is 0. The maximum absolute atomic E-state index is 11.4. The molecule has 0 radical (unpaired) electrons. The third-order valence-corrected chi connectivity index (χ3v) is 3.84.